The van der Waals surface area contributed by atoms with Gasteiger partial charge in [0, 0.05) is 25.7 Å². The molecule has 1 aliphatic heterocycles. The Bertz CT molecular complexity index is 330. The molecular formula is C12H20N2O4. The number of hydrogen-bond donors (Lipinski definition) is 1. The number of aliphatic carboxylic acids is 1. The molecule has 2 rings (SSSR count). The van der Waals surface area contributed by atoms with Gasteiger partial charge in [-0.15, -0.1) is 0 Å². The molecule has 1 aliphatic carbocycles. The summed E-state index contributed by atoms with van der Waals surface area (Å²) in [7, 11) is 0. The van der Waals surface area contributed by atoms with Crippen LogP contribution in [0.25, 0.3) is 0 Å². The van der Waals surface area contributed by atoms with Gasteiger partial charge in [-0.3, -0.25) is 9.69 Å². The van der Waals surface area contributed by atoms with Gasteiger partial charge in [-0.2, -0.15) is 0 Å². The summed E-state index contributed by atoms with van der Waals surface area (Å²) in [6.07, 6.45) is 1.39. The van der Waals surface area contributed by atoms with Gasteiger partial charge < -0.3 is 14.7 Å². The first-order valence-electron chi connectivity index (χ1n) is 6.48. The maximum atomic E-state index is 12.1. The van der Waals surface area contributed by atoms with Crippen molar-refractivity contribution in [2.45, 2.75) is 31.9 Å². The van der Waals surface area contributed by atoms with Crippen molar-refractivity contribution in [1.29, 1.82) is 0 Å². The van der Waals surface area contributed by atoms with Crippen molar-refractivity contribution in [2.24, 2.45) is 0 Å². The maximum absolute atomic E-state index is 12.1. The Labute approximate surface area is 106 Å². The van der Waals surface area contributed by atoms with Gasteiger partial charge in [-0.25, -0.2) is 4.79 Å². The fraction of sp³-hybridized carbons (Fsp3) is 0.833. The average molecular weight is 256 g/mol. The van der Waals surface area contributed by atoms with E-state index in [-0.39, 0.29) is 5.91 Å². The molecule has 1 amide bonds. The molecule has 1 saturated carbocycles. The van der Waals surface area contributed by atoms with E-state index < -0.39 is 12.1 Å². The molecule has 0 radical (unpaired) electrons. The van der Waals surface area contributed by atoms with Crippen LogP contribution in [0.4, 0.5) is 0 Å². The molecule has 1 N–H and O–H groups in total. The number of rotatable bonds is 5. The minimum absolute atomic E-state index is 0.103. The fourth-order valence-electron chi connectivity index (χ4n) is 2.30. The van der Waals surface area contributed by atoms with Gasteiger partial charge in [0.2, 0.25) is 5.91 Å². The van der Waals surface area contributed by atoms with Crippen molar-refractivity contribution >= 4 is 11.9 Å². The van der Waals surface area contributed by atoms with Crippen molar-refractivity contribution in [2.75, 3.05) is 32.8 Å². The van der Waals surface area contributed by atoms with Gasteiger partial charge in [0.15, 0.2) is 6.10 Å². The molecule has 0 aromatic rings. The number of morpholine rings is 1. The highest BCUT2D eigenvalue weighted by molar-refractivity contribution is 5.79. The summed E-state index contributed by atoms with van der Waals surface area (Å²) in [4.78, 5) is 26.7. The predicted molar refractivity (Wildman–Crippen MR) is 64.2 cm³/mol. The number of likely N-dealkylation sites (N-methyl/N-ethyl adjacent to an activating group) is 1. The van der Waals surface area contributed by atoms with E-state index in [1.54, 1.807) is 0 Å². The summed E-state index contributed by atoms with van der Waals surface area (Å²) in [6, 6.07) is 0.416. The lowest BCUT2D eigenvalue weighted by molar-refractivity contribution is -0.157. The second kappa shape index (κ2) is 5.67. The normalized spacial score (nSPS) is 24.8. The lowest BCUT2D eigenvalue weighted by Gasteiger charge is -2.32. The van der Waals surface area contributed by atoms with E-state index >= 15 is 0 Å². The monoisotopic (exact) mass is 256 g/mol. The highest BCUT2D eigenvalue weighted by atomic mass is 16.5. The molecular weight excluding hydrogens is 236 g/mol. The third-order valence-corrected chi connectivity index (χ3v) is 3.43. The SMILES string of the molecule is CCN(C(=O)CN1CCOC(C(=O)O)C1)C1CC1. The Balaban J connectivity index is 1.84. The number of carboxylic acid groups (broad SMARTS) is 1. The number of carboxylic acids is 1. The molecule has 1 saturated heterocycles. The van der Waals surface area contributed by atoms with Crippen molar-refractivity contribution < 1.29 is 19.4 Å². The first kappa shape index (κ1) is 13.3. The van der Waals surface area contributed by atoms with Crippen LogP contribution in [0, 0.1) is 0 Å². The number of hydrogen-bond acceptors (Lipinski definition) is 4. The number of nitrogens with zero attached hydrogens (tertiary/aromatic N) is 2. The molecule has 0 aromatic carbocycles. The van der Waals surface area contributed by atoms with Gasteiger partial charge in [-0.05, 0) is 19.8 Å². The van der Waals surface area contributed by atoms with E-state index in [9.17, 15) is 9.59 Å². The highest BCUT2D eigenvalue weighted by Crippen LogP contribution is 2.26. The predicted octanol–water partition coefficient (Wildman–Crippen LogP) is -0.217. The number of carbonyl (C=O) groups is 2. The number of carbonyl (C=O) groups excluding carboxylic acids is 1. The number of amides is 1. The van der Waals surface area contributed by atoms with E-state index in [0.29, 0.717) is 32.3 Å². The molecule has 6 nitrogen and oxygen atoms in total. The largest absolute Gasteiger partial charge is 0.479 e. The topological polar surface area (TPSA) is 70.1 Å². The van der Waals surface area contributed by atoms with Crippen LogP contribution in [0.5, 0.6) is 0 Å². The second-order valence-electron chi connectivity index (χ2n) is 4.84. The summed E-state index contributed by atoms with van der Waals surface area (Å²) in [5, 5.41) is 8.90. The van der Waals surface area contributed by atoms with Crippen LogP contribution in [0.2, 0.25) is 0 Å². The molecule has 0 aromatic heterocycles. The summed E-state index contributed by atoms with van der Waals surface area (Å²) < 4.78 is 5.13. The van der Waals surface area contributed by atoms with Crippen molar-refractivity contribution in [3.05, 3.63) is 0 Å². The molecule has 1 unspecified atom stereocenters. The lowest BCUT2D eigenvalue weighted by atomic mass is 10.2. The molecule has 1 heterocycles. The number of ether oxygens (including phenoxy) is 1. The minimum atomic E-state index is -0.957. The van der Waals surface area contributed by atoms with E-state index in [4.69, 9.17) is 9.84 Å². The summed E-state index contributed by atoms with van der Waals surface area (Å²) in [5.41, 5.74) is 0. The van der Waals surface area contributed by atoms with Crippen LogP contribution in [-0.2, 0) is 14.3 Å². The highest BCUT2D eigenvalue weighted by Gasteiger charge is 2.33. The maximum Gasteiger partial charge on any atom is 0.334 e. The zero-order valence-electron chi connectivity index (χ0n) is 10.7. The third kappa shape index (κ3) is 3.20. The Morgan fingerprint density at radius 3 is 2.72 bits per heavy atom. The standard InChI is InChI=1S/C12H20N2O4/c1-2-14(9-3-4-9)11(15)8-13-5-6-18-10(7-13)12(16)17/h9-10H,2-8H2,1H3,(H,16,17). The lowest BCUT2D eigenvalue weighted by Crippen LogP contribution is -2.50. The first-order valence-corrected chi connectivity index (χ1v) is 6.48. The van der Waals surface area contributed by atoms with E-state index in [0.717, 1.165) is 19.4 Å². The van der Waals surface area contributed by atoms with Crippen LogP contribution in [0.1, 0.15) is 19.8 Å². The van der Waals surface area contributed by atoms with Crippen molar-refractivity contribution in [1.82, 2.24) is 9.80 Å². The van der Waals surface area contributed by atoms with E-state index in [1.165, 1.54) is 0 Å². The van der Waals surface area contributed by atoms with E-state index in [1.807, 2.05) is 16.7 Å². The van der Waals surface area contributed by atoms with Crippen molar-refractivity contribution in [3.8, 4) is 0 Å². The summed E-state index contributed by atoms with van der Waals surface area (Å²) in [6.45, 7) is 4.31. The zero-order valence-corrected chi connectivity index (χ0v) is 10.7. The quantitative estimate of drug-likeness (QED) is 0.736. The molecule has 0 bridgehead atoms. The van der Waals surface area contributed by atoms with Crippen LogP contribution < -0.4 is 0 Å². The average Bonchev–Trinajstić information content (AvgIpc) is 3.14. The molecule has 1 atom stereocenters. The Morgan fingerprint density at radius 2 is 2.17 bits per heavy atom. The second-order valence-corrected chi connectivity index (χ2v) is 4.84. The van der Waals surface area contributed by atoms with Gasteiger partial charge in [0.1, 0.15) is 0 Å². The molecule has 18 heavy (non-hydrogen) atoms. The molecule has 0 spiro atoms. The molecule has 2 aliphatic rings. The van der Waals surface area contributed by atoms with Crippen LogP contribution in [0.15, 0.2) is 0 Å². The third-order valence-electron chi connectivity index (χ3n) is 3.43. The molecule has 102 valence electrons. The van der Waals surface area contributed by atoms with Gasteiger partial charge in [-0.1, -0.05) is 0 Å². The zero-order chi connectivity index (χ0) is 13.1. The van der Waals surface area contributed by atoms with E-state index in [2.05, 4.69) is 0 Å². The summed E-state index contributed by atoms with van der Waals surface area (Å²) >= 11 is 0. The smallest absolute Gasteiger partial charge is 0.334 e. The molecule has 2 fully saturated rings. The van der Waals surface area contributed by atoms with Crippen LogP contribution in [0.3, 0.4) is 0 Å². The van der Waals surface area contributed by atoms with Crippen LogP contribution in [-0.4, -0.2) is 71.7 Å². The van der Waals surface area contributed by atoms with Gasteiger partial charge in [0.25, 0.3) is 0 Å². The Hall–Kier alpha value is -1.14. The van der Waals surface area contributed by atoms with Gasteiger partial charge in [0.05, 0.1) is 13.2 Å². The van der Waals surface area contributed by atoms with Gasteiger partial charge >= 0.3 is 5.97 Å². The fourth-order valence-corrected chi connectivity index (χ4v) is 2.30. The minimum Gasteiger partial charge on any atom is -0.479 e. The van der Waals surface area contributed by atoms with Crippen molar-refractivity contribution in [3.63, 3.8) is 0 Å². The van der Waals surface area contributed by atoms with Crippen LogP contribution >= 0.6 is 0 Å². The first-order chi connectivity index (χ1) is 8.61. The molecule has 6 heteroatoms. The Kier molecular flexibility index (Phi) is 4.19. The Morgan fingerprint density at radius 1 is 1.44 bits per heavy atom. The summed E-state index contributed by atoms with van der Waals surface area (Å²) in [5.74, 6) is -0.854.